The lowest BCUT2D eigenvalue weighted by molar-refractivity contribution is -0.130. The van der Waals surface area contributed by atoms with Crippen molar-refractivity contribution in [3.05, 3.63) is 48.1 Å². The number of aliphatic hydroxyl groups is 3. The number of benzene rings is 1. The van der Waals surface area contributed by atoms with E-state index in [9.17, 15) is 9.90 Å². The highest BCUT2D eigenvalue weighted by atomic mass is 16.6. The fourth-order valence-corrected chi connectivity index (χ4v) is 3.96. The number of rotatable bonds is 12. The Labute approximate surface area is 185 Å². The molecule has 1 aliphatic rings. The quantitative estimate of drug-likeness (QED) is 0.114. The molecule has 0 bridgehead atoms. The van der Waals surface area contributed by atoms with Gasteiger partial charge in [-0.15, -0.1) is 0 Å². The van der Waals surface area contributed by atoms with Crippen molar-refractivity contribution >= 4 is 5.97 Å². The van der Waals surface area contributed by atoms with Crippen molar-refractivity contribution in [2.24, 2.45) is 5.92 Å². The average Bonchev–Trinajstić information content (AvgIpc) is 2.78. The van der Waals surface area contributed by atoms with Crippen LogP contribution in [-0.4, -0.2) is 40.8 Å². The number of carbonyl (C=O) groups excluding carboxylic acids is 1. The van der Waals surface area contributed by atoms with E-state index in [1.165, 1.54) is 44.6 Å². The molecule has 0 aliphatic heterocycles. The Kier molecular flexibility index (Phi) is 10.2. The van der Waals surface area contributed by atoms with Crippen molar-refractivity contribution in [3.63, 3.8) is 0 Å². The van der Waals surface area contributed by atoms with Crippen LogP contribution in [-0.2, 0) is 4.79 Å². The molecule has 1 fully saturated rings. The molecule has 1 aromatic carbocycles. The molecule has 0 aromatic heterocycles. The highest BCUT2D eigenvalue weighted by molar-refractivity contribution is 5.89. The van der Waals surface area contributed by atoms with Gasteiger partial charge in [0, 0.05) is 11.6 Å². The minimum atomic E-state index is -1.37. The summed E-state index contributed by atoms with van der Waals surface area (Å²) in [7, 11) is 0. The second-order valence-electron chi connectivity index (χ2n) is 8.39. The van der Waals surface area contributed by atoms with Crippen molar-refractivity contribution in [2.45, 2.75) is 70.5 Å². The first-order chi connectivity index (χ1) is 14.9. The van der Waals surface area contributed by atoms with E-state index in [4.69, 9.17) is 19.7 Å². The molecule has 0 spiro atoms. The highest BCUT2D eigenvalue weighted by Gasteiger charge is 2.24. The molecule has 0 radical (unpaired) electrons. The van der Waals surface area contributed by atoms with Gasteiger partial charge in [-0.3, -0.25) is 0 Å². The fraction of sp³-hybridized carbons (Fsp3) is 0.560. The molecule has 1 aliphatic carbocycles. The van der Waals surface area contributed by atoms with Crippen LogP contribution in [0.5, 0.6) is 11.5 Å². The number of aliphatic hydroxyl groups excluding tert-OH is 3. The second-order valence-corrected chi connectivity index (χ2v) is 8.39. The van der Waals surface area contributed by atoms with Crippen LogP contribution in [0.2, 0.25) is 0 Å². The smallest absolute Gasteiger partial charge is 0.341 e. The molecule has 2 rings (SSSR count). The van der Waals surface area contributed by atoms with Gasteiger partial charge in [-0.2, -0.15) is 0 Å². The van der Waals surface area contributed by atoms with E-state index in [1.54, 1.807) is 0 Å². The summed E-state index contributed by atoms with van der Waals surface area (Å²) < 4.78 is 10.9. The maximum atomic E-state index is 12.1. The van der Waals surface area contributed by atoms with Gasteiger partial charge < -0.3 is 24.8 Å². The SMILES string of the molecule is C=C(CO)C(=O)Oc1cc(OC(O)C(=C)CO)cc(C2CCC(CCCCC)CC2)c1. The van der Waals surface area contributed by atoms with Crippen LogP contribution in [0.3, 0.4) is 0 Å². The molecule has 6 heteroatoms. The fourth-order valence-electron chi connectivity index (χ4n) is 3.96. The van der Waals surface area contributed by atoms with Gasteiger partial charge in [0.25, 0.3) is 0 Å². The normalized spacial score (nSPS) is 19.5. The molecule has 0 amide bonds. The molecule has 6 nitrogen and oxygen atoms in total. The Balaban J connectivity index is 2.16. The summed E-state index contributed by atoms with van der Waals surface area (Å²) >= 11 is 0. The third-order valence-electron chi connectivity index (χ3n) is 5.93. The maximum absolute atomic E-state index is 12.1. The lowest BCUT2D eigenvalue weighted by Crippen LogP contribution is -2.20. The van der Waals surface area contributed by atoms with Crippen LogP contribution in [0.15, 0.2) is 42.5 Å². The van der Waals surface area contributed by atoms with Crippen molar-refractivity contribution in [3.8, 4) is 11.5 Å². The summed E-state index contributed by atoms with van der Waals surface area (Å²) in [4.78, 5) is 12.1. The first-order valence-electron chi connectivity index (χ1n) is 11.2. The summed E-state index contributed by atoms with van der Waals surface area (Å²) in [5.41, 5.74) is 1.06. The molecule has 1 unspecified atom stereocenters. The van der Waals surface area contributed by atoms with E-state index in [1.807, 2.05) is 12.1 Å². The molecule has 1 aromatic rings. The number of esters is 1. The topological polar surface area (TPSA) is 96.2 Å². The standard InChI is InChI=1S/C25H36O6/c1-4-5-6-7-19-8-10-20(11-9-19)21-12-22(30-24(28)17(2)15-26)14-23(13-21)31-25(29)18(3)16-27/h12-14,19-20,24,26-28H,2-11,15-16H2,1H3. The van der Waals surface area contributed by atoms with Crippen molar-refractivity contribution in [2.75, 3.05) is 13.2 Å². The number of ether oxygens (including phenoxy) is 2. The maximum Gasteiger partial charge on any atom is 0.341 e. The zero-order valence-electron chi connectivity index (χ0n) is 18.5. The van der Waals surface area contributed by atoms with Gasteiger partial charge >= 0.3 is 5.97 Å². The molecule has 31 heavy (non-hydrogen) atoms. The van der Waals surface area contributed by atoms with E-state index in [-0.39, 0.29) is 16.9 Å². The monoisotopic (exact) mass is 432 g/mol. The van der Waals surface area contributed by atoms with Crippen LogP contribution < -0.4 is 9.47 Å². The molecule has 3 N–H and O–H groups in total. The van der Waals surface area contributed by atoms with Gasteiger partial charge in [0.05, 0.1) is 18.8 Å². The van der Waals surface area contributed by atoms with E-state index < -0.39 is 25.5 Å². The van der Waals surface area contributed by atoms with Gasteiger partial charge in [0.1, 0.15) is 11.5 Å². The first-order valence-corrected chi connectivity index (χ1v) is 11.2. The van der Waals surface area contributed by atoms with Crippen LogP contribution in [0, 0.1) is 5.92 Å². The minimum absolute atomic E-state index is 0.0471. The molecule has 1 saturated carbocycles. The molecule has 0 heterocycles. The first kappa shape index (κ1) is 25.1. The van der Waals surface area contributed by atoms with E-state index in [0.717, 1.165) is 24.3 Å². The van der Waals surface area contributed by atoms with E-state index in [0.29, 0.717) is 11.7 Å². The Morgan fingerprint density at radius 3 is 2.35 bits per heavy atom. The molecule has 172 valence electrons. The number of unbranched alkanes of at least 4 members (excludes halogenated alkanes) is 2. The Morgan fingerprint density at radius 2 is 1.74 bits per heavy atom. The van der Waals surface area contributed by atoms with Crippen LogP contribution in [0.25, 0.3) is 0 Å². The molecule has 1 atom stereocenters. The number of carbonyl (C=O) groups is 1. The zero-order valence-corrected chi connectivity index (χ0v) is 18.5. The predicted molar refractivity (Wildman–Crippen MR) is 120 cm³/mol. The Morgan fingerprint density at radius 1 is 1.06 bits per heavy atom. The highest BCUT2D eigenvalue weighted by Crippen LogP contribution is 2.40. The number of hydrogen-bond acceptors (Lipinski definition) is 6. The zero-order chi connectivity index (χ0) is 22.8. The summed E-state index contributed by atoms with van der Waals surface area (Å²) in [6, 6.07) is 5.15. The van der Waals surface area contributed by atoms with Gasteiger partial charge in [-0.05, 0) is 55.2 Å². The Bertz CT molecular complexity index is 748. The van der Waals surface area contributed by atoms with Crippen molar-refractivity contribution in [1.82, 2.24) is 0 Å². The largest absolute Gasteiger partial charge is 0.461 e. The summed E-state index contributed by atoms with van der Waals surface area (Å²) in [6.07, 6.45) is 8.15. The molecular formula is C25H36O6. The molecule has 0 saturated heterocycles. The lowest BCUT2D eigenvalue weighted by atomic mass is 9.77. The van der Waals surface area contributed by atoms with Crippen molar-refractivity contribution in [1.29, 1.82) is 0 Å². The number of hydrogen-bond donors (Lipinski definition) is 3. The minimum Gasteiger partial charge on any atom is -0.461 e. The van der Waals surface area contributed by atoms with Gasteiger partial charge in [-0.25, -0.2) is 4.79 Å². The van der Waals surface area contributed by atoms with Crippen LogP contribution in [0.4, 0.5) is 0 Å². The lowest BCUT2D eigenvalue weighted by Gasteiger charge is -2.29. The predicted octanol–water partition coefficient (Wildman–Crippen LogP) is 4.24. The van der Waals surface area contributed by atoms with Gasteiger partial charge in [-0.1, -0.05) is 45.8 Å². The van der Waals surface area contributed by atoms with Crippen LogP contribution in [0.1, 0.15) is 69.8 Å². The third kappa shape index (κ3) is 7.80. The summed E-state index contributed by atoms with van der Waals surface area (Å²) in [6.45, 7) is 8.40. The third-order valence-corrected chi connectivity index (χ3v) is 5.93. The van der Waals surface area contributed by atoms with Crippen LogP contribution >= 0.6 is 0 Å². The summed E-state index contributed by atoms with van der Waals surface area (Å²) in [5, 5.41) is 28.3. The van der Waals surface area contributed by atoms with Gasteiger partial charge in [0.15, 0.2) is 0 Å². The second kappa shape index (κ2) is 12.6. The van der Waals surface area contributed by atoms with E-state index >= 15 is 0 Å². The van der Waals surface area contributed by atoms with E-state index in [2.05, 4.69) is 20.1 Å². The van der Waals surface area contributed by atoms with Crippen molar-refractivity contribution < 1.29 is 29.6 Å². The Hall–Kier alpha value is -2.15. The van der Waals surface area contributed by atoms with Gasteiger partial charge in [0.2, 0.25) is 6.29 Å². The average molecular weight is 433 g/mol. The summed E-state index contributed by atoms with van der Waals surface area (Å²) in [5.74, 6) is 0.941. The molecular weight excluding hydrogens is 396 g/mol.